The zero-order valence-electron chi connectivity index (χ0n) is 12.9. The Hall–Kier alpha value is -1.39. The van der Waals surface area contributed by atoms with Gasteiger partial charge in [0.15, 0.2) is 0 Å². The van der Waals surface area contributed by atoms with E-state index in [4.69, 9.17) is 4.74 Å². The molecular formula is C17H24N2O2. The average molecular weight is 288 g/mol. The lowest BCUT2D eigenvalue weighted by Gasteiger charge is -2.38. The average Bonchev–Trinajstić information content (AvgIpc) is 2.53. The van der Waals surface area contributed by atoms with Crippen LogP contribution in [0.3, 0.4) is 0 Å². The second kappa shape index (κ2) is 6.16. The van der Waals surface area contributed by atoms with E-state index in [1.54, 1.807) is 0 Å². The van der Waals surface area contributed by atoms with Crippen LogP contribution in [0.2, 0.25) is 0 Å². The van der Waals surface area contributed by atoms with Crippen LogP contribution in [-0.4, -0.2) is 42.6 Å². The zero-order valence-corrected chi connectivity index (χ0v) is 12.9. The number of hydrogen-bond donors (Lipinski definition) is 1. The molecule has 2 aliphatic heterocycles. The molecule has 0 radical (unpaired) electrons. The molecular weight excluding hydrogens is 264 g/mol. The Balaban J connectivity index is 1.83. The number of morpholine rings is 1. The molecule has 1 amide bonds. The van der Waals surface area contributed by atoms with E-state index in [0.29, 0.717) is 13.2 Å². The van der Waals surface area contributed by atoms with Gasteiger partial charge in [-0.15, -0.1) is 0 Å². The van der Waals surface area contributed by atoms with Crippen LogP contribution >= 0.6 is 0 Å². The highest BCUT2D eigenvalue weighted by molar-refractivity contribution is 5.94. The minimum absolute atomic E-state index is 0.121. The Kier molecular flexibility index (Phi) is 4.27. The van der Waals surface area contributed by atoms with Crippen LogP contribution in [0.1, 0.15) is 41.8 Å². The standard InChI is InChI=1S/C17H24N2O2/c1-3-16-11-21-12(2)10-19(16)17(20)14-5-4-13-6-7-18-9-15(13)8-14/h4-5,8,12,16,18H,3,6-7,9-11H2,1-2H3. The van der Waals surface area contributed by atoms with Gasteiger partial charge in [-0.25, -0.2) is 0 Å². The second-order valence-corrected chi connectivity index (χ2v) is 6.07. The number of ether oxygens (including phenoxy) is 1. The molecule has 2 unspecified atom stereocenters. The molecule has 0 spiro atoms. The normalized spacial score (nSPS) is 25.5. The predicted molar refractivity (Wildman–Crippen MR) is 82.4 cm³/mol. The van der Waals surface area contributed by atoms with Gasteiger partial charge in [-0.3, -0.25) is 4.79 Å². The third-order valence-corrected chi connectivity index (χ3v) is 4.54. The fourth-order valence-corrected chi connectivity index (χ4v) is 3.21. The Morgan fingerprint density at radius 1 is 1.43 bits per heavy atom. The molecule has 0 saturated carbocycles. The summed E-state index contributed by atoms with van der Waals surface area (Å²) in [6.07, 6.45) is 2.11. The zero-order chi connectivity index (χ0) is 14.8. The summed E-state index contributed by atoms with van der Waals surface area (Å²) < 4.78 is 5.68. The topological polar surface area (TPSA) is 41.6 Å². The third kappa shape index (κ3) is 2.97. The van der Waals surface area contributed by atoms with Gasteiger partial charge in [0, 0.05) is 18.7 Å². The van der Waals surface area contributed by atoms with Crippen LogP contribution in [-0.2, 0) is 17.7 Å². The van der Waals surface area contributed by atoms with Gasteiger partial charge in [-0.1, -0.05) is 13.0 Å². The third-order valence-electron chi connectivity index (χ3n) is 4.54. The van der Waals surface area contributed by atoms with Crippen LogP contribution in [0.25, 0.3) is 0 Å². The molecule has 0 bridgehead atoms. The van der Waals surface area contributed by atoms with E-state index < -0.39 is 0 Å². The van der Waals surface area contributed by atoms with Gasteiger partial charge in [0.1, 0.15) is 0 Å². The predicted octanol–water partition coefficient (Wildman–Crippen LogP) is 1.97. The number of fused-ring (bicyclic) bond motifs is 1. The first-order valence-corrected chi connectivity index (χ1v) is 7.94. The SMILES string of the molecule is CCC1COC(C)CN1C(=O)c1ccc2c(c1)CNCC2. The molecule has 3 rings (SSSR count). The number of rotatable bonds is 2. The number of nitrogens with zero attached hydrogens (tertiary/aromatic N) is 1. The van der Waals surface area contributed by atoms with Gasteiger partial charge < -0.3 is 15.0 Å². The van der Waals surface area contributed by atoms with Crippen molar-refractivity contribution in [3.8, 4) is 0 Å². The lowest BCUT2D eigenvalue weighted by atomic mass is 9.97. The molecule has 2 heterocycles. The van der Waals surface area contributed by atoms with Crippen molar-refractivity contribution in [1.29, 1.82) is 0 Å². The van der Waals surface area contributed by atoms with Crippen LogP contribution in [0.5, 0.6) is 0 Å². The molecule has 1 aromatic rings. The first-order chi connectivity index (χ1) is 10.2. The number of nitrogens with one attached hydrogen (secondary N) is 1. The quantitative estimate of drug-likeness (QED) is 0.904. The summed E-state index contributed by atoms with van der Waals surface area (Å²) in [6.45, 7) is 7.37. The molecule has 114 valence electrons. The van der Waals surface area contributed by atoms with Crippen molar-refractivity contribution in [3.05, 3.63) is 34.9 Å². The summed E-state index contributed by atoms with van der Waals surface area (Å²) in [6, 6.07) is 6.37. The van der Waals surface area contributed by atoms with E-state index in [9.17, 15) is 4.79 Å². The molecule has 4 nitrogen and oxygen atoms in total. The maximum atomic E-state index is 12.9. The Morgan fingerprint density at radius 3 is 3.10 bits per heavy atom. The van der Waals surface area contributed by atoms with E-state index in [0.717, 1.165) is 31.5 Å². The Labute approximate surface area is 126 Å². The summed E-state index contributed by atoms with van der Waals surface area (Å²) in [4.78, 5) is 14.8. The van der Waals surface area contributed by atoms with Crippen LogP contribution in [0.15, 0.2) is 18.2 Å². The van der Waals surface area contributed by atoms with Crippen molar-refractivity contribution >= 4 is 5.91 Å². The van der Waals surface area contributed by atoms with Crippen LogP contribution in [0.4, 0.5) is 0 Å². The van der Waals surface area contributed by atoms with Crippen molar-refractivity contribution < 1.29 is 9.53 Å². The summed E-state index contributed by atoms with van der Waals surface area (Å²) in [5.74, 6) is 0.144. The number of hydrogen-bond acceptors (Lipinski definition) is 3. The van der Waals surface area contributed by atoms with E-state index in [1.807, 2.05) is 17.9 Å². The highest BCUT2D eigenvalue weighted by Gasteiger charge is 2.30. The lowest BCUT2D eigenvalue weighted by molar-refractivity contribution is -0.0444. The monoisotopic (exact) mass is 288 g/mol. The van der Waals surface area contributed by atoms with E-state index in [1.165, 1.54) is 11.1 Å². The van der Waals surface area contributed by atoms with Crippen molar-refractivity contribution in [2.45, 2.75) is 45.4 Å². The van der Waals surface area contributed by atoms with Gasteiger partial charge in [0.2, 0.25) is 0 Å². The van der Waals surface area contributed by atoms with Crippen LogP contribution in [0, 0.1) is 0 Å². The van der Waals surface area contributed by atoms with E-state index in [2.05, 4.69) is 24.4 Å². The highest BCUT2D eigenvalue weighted by Crippen LogP contribution is 2.21. The summed E-state index contributed by atoms with van der Waals surface area (Å²) in [5, 5.41) is 3.37. The molecule has 1 saturated heterocycles. The molecule has 4 heteroatoms. The lowest BCUT2D eigenvalue weighted by Crippen LogP contribution is -2.51. The molecule has 0 aliphatic carbocycles. The Morgan fingerprint density at radius 2 is 2.29 bits per heavy atom. The van der Waals surface area contributed by atoms with Gasteiger partial charge in [-0.05, 0) is 49.6 Å². The van der Waals surface area contributed by atoms with Crippen molar-refractivity contribution in [2.24, 2.45) is 0 Å². The summed E-state index contributed by atoms with van der Waals surface area (Å²) >= 11 is 0. The molecule has 1 N–H and O–H groups in total. The van der Waals surface area contributed by atoms with E-state index in [-0.39, 0.29) is 18.1 Å². The molecule has 2 aliphatic rings. The van der Waals surface area contributed by atoms with Crippen molar-refractivity contribution in [2.75, 3.05) is 19.7 Å². The molecule has 1 fully saturated rings. The summed E-state index contributed by atoms with van der Waals surface area (Å²) in [7, 11) is 0. The maximum absolute atomic E-state index is 12.9. The van der Waals surface area contributed by atoms with Gasteiger partial charge >= 0.3 is 0 Å². The van der Waals surface area contributed by atoms with Crippen LogP contribution < -0.4 is 5.32 Å². The smallest absolute Gasteiger partial charge is 0.254 e. The molecule has 2 atom stereocenters. The number of carbonyl (C=O) groups is 1. The number of carbonyl (C=O) groups excluding carboxylic acids is 1. The van der Waals surface area contributed by atoms with E-state index >= 15 is 0 Å². The van der Waals surface area contributed by atoms with Gasteiger partial charge in [0.05, 0.1) is 18.8 Å². The molecule has 1 aromatic carbocycles. The van der Waals surface area contributed by atoms with Crippen molar-refractivity contribution in [1.82, 2.24) is 10.2 Å². The first kappa shape index (κ1) is 14.5. The fraction of sp³-hybridized carbons (Fsp3) is 0.588. The highest BCUT2D eigenvalue weighted by atomic mass is 16.5. The molecule has 21 heavy (non-hydrogen) atoms. The Bertz CT molecular complexity index is 530. The minimum atomic E-state index is 0.121. The van der Waals surface area contributed by atoms with Crippen molar-refractivity contribution in [3.63, 3.8) is 0 Å². The summed E-state index contributed by atoms with van der Waals surface area (Å²) in [5.41, 5.74) is 3.44. The second-order valence-electron chi connectivity index (χ2n) is 6.07. The maximum Gasteiger partial charge on any atom is 0.254 e. The fourth-order valence-electron chi connectivity index (χ4n) is 3.21. The largest absolute Gasteiger partial charge is 0.375 e. The first-order valence-electron chi connectivity index (χ1n) is 7.94. The van der Waals surface area contributed by atoms with Gasteiger partial charge in [0.25, 0.3) is 5.91 Å². The molecule has 0 aromatic heterocycles. The van der Waals surface area contributed by atoms with Gasteiger partial charge in [-0.2, -0.15) is 0 Å². The number of amides is 1. The minimum Gasteiger partial charge on any atom is -0.375 e. The number of benzene rings is 1.